The van der Waals surface area contributed by atoms with Gasteiger partial charge in [-0.05, 0) is 55.2 Å². The third kappa shape index (κ3) is 5.49. The smallest absolute Gasteiger partial charge is 0.416 e. The van der Waals surface area contributed by atoms with E-state index in [1.165, 1.54) is 19.1 Å². The number of amides is 2. The van der Waals surface area contributed by atoms with Crippen LogP contribution in [0.1, 0.15) is 64.1 Å². The van der Waals surface area contributed by atoms with Gasteiger partial charge in [0.2, 0.25) is 5.91 Å². The number of nitrogens with one attached hydrogen (secondary N) is 1. The maximum absolute atomic E-state index is 14.0. The molecule has 0 bridgehead atoms. The molecule has 2 aliphatic heterocycles. The van der Waals surface area contributed by atoms with Gasteiger partial charge >= 0.3 is 6.18 Å². The molecule has 3 heterocycles. The van der Waals surface area contributed by atoms with Gasteiger partial charge in [0.1, 0.15) is 12.4 Å². The highest BCUT2D eigenvalue weighted by Gasteiger charge is 2.46. The Bertz CT molecular complexity index is 1640. The Morgan fingerprint density at radius 2 is 1.72 bits per heavy atom. The monoisotopic (exact) mass is 588 g/mol. The lowest BCUT2D eigenvalue weighted by molar-refractivity contribution is -0.137. The van der Waals surface area contributed by atoms with Crippen molar-refractivity contribution in [3.8, 4) is 17.0 Å². The molecule has 2 aliphatic rings. The number of halogens is 3. The van der Waals surface area contributed by atoms with Crippen LogP contribution in [0.4, 0.5) is 13.2 Å². The molecule has 0 aliphatic carbocycles. The van der Waals surface area contributed by atoms with Crippen LogP contribution >= 0.6 is 0 Å². The predicted molar refractivity (Wildman–Crippen MR) is 154 cm³/mol. The number of alkyl halides is 3. The first-order valence-electron chi connectivity index (χ1n) is 14.2. The van der Waals surface area contributed by atoms with E-state index in [4.69, 9.17) is 4.74 Å². The van der Waals surface area contributed by atoms with Crippen molar-refractivity contribution in [3.63, 3.8) is 0 Å². The molecule has 10 heteroatoms. The number of ether oxygens (including phenoxy) is 1. The number of carbonyl (C=O) groups is 2. The van der Waals surface area contributed by atoms with E-state index in [1.54, 1.807) is 9.80 Å². The average molecular weight is 589 g/mol. The number of fused-ring (bicyclic) bond motifs is 1. The molecule has 1 aromatic heterocycles. The topological polar surface area (TPSA) is 78.5 Å². The summed E-state index contributed by atoms with van der Waals surface area (Å²) < 4.78 is 46.6. The lowest BCUT2D eigenvalue weighted by Crippen LogP contribution is -2.47. The van der Waals surface area contributed by atoms with Crippen molar-refractivity contribution in [1.82, 2.24) is 20.0 Å². The summed E-state index contributed by atoms with van der Waals surface area (Å²) in [5.74, 6) is 0.277. The number of nitrogens with zero attached hydrogens (tertiary/aromatic N) is 3. The Kier molecular flexibility index (Phi) is 7.45. The Hall–Kier alpha value is -4.60. The van der Waals surface area contributed by atoms with Crippen LogP contribution in [0.25, 0.3) is 11.3 Å². The minimum Gasteiger partial charge on any atom is -0.488 e. The van der Waals surface area contributed by atoms with Crippen LogP contribution in [0.3, 0.4) is 0 Å². The van der Waals surface area contributed by atoms with Gasteiger partial charge in [0.05, 0.1) is 17.3 Å². The van der Waals surface area contributed by atoms with Gasteiger partial charge in [-0.15, -0.1) is 0 Å². The second-order valence-electron chi connectivity index (χ2n) is 11.1. The summed E-state index contributed by atoms with van der Waals surface area (Å²) in [6.07, 6.45) is -3.37. The van der Waals surface area contributed by atoms with Crippen LogP contribution in [-0.4, -0.2) is 50.9 Å². The van der Waals surface area contributed by atoms with Crippen molar-refractivity contribution in [3.05, 3.63) is 106 Å². The molecule has 1 saturated heterocycles. The van der Waals surface area contributed by atoms with Crippen LogP contribution in [0.15, 0.2) is 72.8 Å². The van der Waals surface area contributed by atoms with Gasteiger partial charge in [-0.25, -0.2) is 0 Å². The molecule has 7 nitrogen and oxygen atoms in total. The quantitative estimate of drug-likeness (QED) is 0.278. The maximum Gasteiger partial charge on any atom is 0.416 e. The molecular formula is C33H31F3N4O3. The number of benzene rings is 3. The average Bonchev–Trinajstić information content (AvgIpc) is 3.55. The number of aryl methyl sites for hydroxylation is 1. The molecule has 3 aromatic carbocycles. The normalized spacial score (nSPS) is 17.3. The van der Waals surface area contributed by atoms with Gasteiger partial charge in [-0.2, -0.15) is 18.3 Å². The molecule has 2 amide bonds. The number of hydrogen-bond donors (Lipinski definition) is 1. The number of rotatable bonds is 6. The fourth-order valence-corrected chi connectivity index (χ4v) is 6.08. The summed E-state index contributed by atoms with van der Waals surface area (Å²) >= 11 is 0. The SMILES string of the molecule is CC(=O)N1CCC(N2C(=O)c3n[nH]c(-c4cc(C)ccc4OCc4ccccc4)c3[C@H]2c2ccc(C(F)(F)F)cc2)CC1. The first-order chi connectivity index (χ1) is 20.6. The zero-order valence-electron chi connectivity index (χ0n) is 23.8. The number of aromatic amines is 1. The van der Waals surface area contributed by atoms with Crippen LogP contribution in [0.2, 0.25) is 0 Å². The van der Waals surface area contributed by atoms with Gasteiger partial charge in [0.25, 0.3) is 5.91 Å². The van der Waals surface area contributed by atoms with Crippen molar-refractivity contribution in [2.24, 2.45) is 0 Å². The summed E-state index contributed by atoms with van der Waals surface area (Å²) in [6, 6.07) is 19.6. The van der Waals surface area contributed by atoms with E-state index >= 15 is 0 Å². The zero-order chi connectivity index (χ0) is 30.3. The molecule has 43 heavy (non-hydrogen) atoms. The minimum atomic E-state index is -4.48. The predicted octanol–water partition coefficient (Wildman–Crippen LogP) is 6.54. The first kappa shape index (κ1) is 28.5. The zero-order valence-corrected chi connectivity index (χ0v) is 23.8. The van der Waals surface area contributed by atoms with Gasteiger partial charge in [0.15, 0.2) is 5.69 Å². The Morgan fingerprint density at radius 3 is 2.37 bits per heavy atom. The van der Waals surface area contributed by atoms with Crippen LogP contribution in [0.5, 0.6) is 5.75 Å². The third-order valence-corrected chi connectivity index (χ3v) is 8.29. The van der Waals surface area contributed by atoms with Crippen molar-refractivity contribution in [1.29, 1.82) is 0 Å². The van der Waals surface area contributed by atoms with Crippen molar-refractivity contribution in [2.45, 2.75) is 51.6 Å². The van der Waals surface area contributed by atoms with Crippen LogP contribution < -0.4 is 4.74 Å². The van der Waals surface area contributed by atoms with E-state index in [0.29, 0.717) is 60.7 Å². The summed E-state index contributed by atoms with van der Waals surface area (Å²) in [6.45, 7) is 4.79. The third-order valence-electron chi connectivity index (χ3n) is 8.29. The Balaban J connectivity index is 1.43. The van der Waals surface area contributed by atoms with Crippen molar-refractivity contribution < 1.29 is 27.5 Å². The number of likely N-dealkylation sites (tertiary alicyclic amines) is 1. The highest BCUT2D eigenvalue weighted by atomic mass is 19.4. The summed E-state index contributed by atoms with van der Waals surface area (Å²) in [5.41, 5.74) is 3.89. The Labute approximate surface area is 247 Å². The van der Waals surface area contributed by atoms with Crippen molar-refractivity contribution in [2.75, 3.05) is 13.1 Å². The molecule has 0 radical (unpaired) electrons. The Morgan fingerprint density at radius 1 is 1.02 bits per heavy atom. The van der Waals surface area contributed by atoms with Gasteiger partial charge in [-0.3, -0.25) is 14.7 Å². The standard InChI is InChI=1S/C33H31F3N4O3/c1-20-8-13-27(43-19-22-6-4-3-5-7-22)26(18-20)29-28-30(38-37-29)32(42)40(25-14-16-39(17-15-25)21(2)41)31(28)23-9-11-24(12-10-23)33(34,35)36/h3-13,18,25,31H,14-17,19H2,1-2H3,(H,37,38)/t31-/m1/s1. The lowest BCUT2D eigenvalue weighted by atomic mass is 9.92. The van der Waals surface area contributed by atoms with Crippen LogP contribution in [0, 0.1) is 6.92 Å². The molecule has 222 valence electrons. The summed E-state index contributed by atoms with van der Waals surface area (Å²) in [4.78, 5) is 29.4. The first-order valence-corrected chi connectivity index (χ1v) is 14.2. The van der Waals surface area contributed by atoms with Gasteiger partial charge < -0.3 is 14.5 Å². The fourth-order valence-electron chi connectivity index (χ4n) is 6.08. The van der Waals surface area contributed by atoms with E-state index < -0.39 is 17.8 Å². The van der Waals surface area contributed by atoms with Gasteiger partial charge in [0, 0.05) is 37.2 Å². The van der Waals surface area contributed by atoms with Crippen LogP contribution in [-0.2, 0) is 17.6 Å². The fraction of sp³-hybridized carbons (Fsp3) is 0.303. The summed E-state index contributed by atoms with van der Waals surface area (Å²) in [7, 11) is 0. The summed E-state index contributed by atoms with van der Waals surface area (Å²) in [5, 5.41) is 7.51. The van der Waals surface area contributed by atoms with Gasteiger partial charge in [-0.1, -0.05) is 54.1 Å². The largest absolute Gasteiger partial charge is 0.488 e. The number of aromatic nitrogens is 2. The van der Waals surface area contributed by atoms with Crippen molar-refractivity contribution >= 4 is 11.8 Å². The highest BCUT2D eigenvalue weighted by Crippen LogP contribution is 2.47. The number of carbonyl (C=O) groups excluding carboxylic acids is 2. The molecule has 0 saturated carbocycles. The second-order valence-corrected chi connectivity index (χ2v) is 11.1. The molecule has 0 unspecified atom stereocenters. The highest BCUT2D eigenvalue weighted by molar-refractivity contribution is 6.00. The van der Waals surface area contributed by atoms with E-state index in [1.807, 2.05) is 55.5 Å². The maximum atomic E-state index is 14.0. The number of H-pyrrole nitrogens is 1. The van der Waals surface area contributed by atoms with E-state index in [2.05, 4.69) is 10.2 Å². The minimum absolute atomic E-state index is 0.0246. The van der Waals surface area contributed by atoms with E-state index in [9.17, 15) is 22.8 Å². The molecular weight excluding hydrogens is 557 g/mol. The number of hydrogen-bond acceptors (Lipinski definition) is 4. The molecule has 0 spiro atoms. The van der Waals surface area contributed by atoms with E-state index in [-0.39, 0.29) is 23.6 Å². The molecule has 6 rings (SSSR count). The van der Waals surface area contributed by atoms with E-state index in [0.717, 1.165) is 23.3 Å². The molecule has 1 N–H and O–H groups in total. The number of piperidine rings is 1. The lowest BCUT2D eigenvalue weighted by Gasteiger charge is -2.39. The second kappa shape index (κ2) is 11.2. The molecule has 1 atom stereocenters. The molecule has 4 aromatic rings. The molecule has 1 fully saturated rings.